The van der Waals surface area contributed by atoms with Crippen molar-refractivity contribution in [1.82, 2.24) is 19.7 Å². The fourth-order valence-corrected chi connectivity index (χ4v) is 2.72. The molecule has 0 bridgehead atoms. The molecule has 0 fully saturated rings. The molecule has 0 aliphatic heterocycles. The summed E-state index contributed by atoms with van der Waals surface area (Å²) in [5.41, 5.74) is 2.60. The van der Waals surface area contributed by atoms with Gasteiger partial charge in [-0.3, -0.25) is 4.40 Å². The Balaban J connectivity index is 2.22. The van der Waals surface area contributed by atoms with Gasteiger partial charge in [0.15, 0.2) is 0 Å². The molecule has 4 nitrogen and oxygen atoms in total. The lowest BCUT2D eigenvalue weighted by Gasteiger charge is -1.98. The predicted molar refractivity (Wildman–Crippen MR) is 72.3 cm³/mol. The first-order valence-electron chi connectivity index (χ1n) is 5.69. The van der Waals surface area contributed by atoms with Gasteiger partial charge in [0, 0.05) is 19.0 Å². The maximum atomic E-state index is 13.3. The monoisotopic (exact) mass is 310 g/mol. The minimum atomic E-state index is -0.255. The van der Waals surface area contributed by atoms with Crippen molar-refractivity contribution in [1.29, 1.82) is 0 Å². The van der Waals surface area contributed by atoms with Crippen LogP contribution in [0.4, 0.5) is 4.39 Å². The summed E-state index contributed by atoms with van der Waals surface area (Å²) >= 11 is 3.55. The minimum Gasteiger partial charge on any atom is -0.326 e. The number of hydrogen-bond donors (Lipinski definition) is 2. The fourth-order valence-electron chi connectivity index (χ4n) is 2.07. The Labute approximate surface area is 111 Å². The van der Waals surface area contributed by atoms with Crippen LogP contribution in [0.15, 0.2) is 22.8 Å². The van der Waals surface area contributed by atoms with E-state index in [0.717, 1.165) is 40.1 Å². The molecule has 3 rings (SSSR count). The van der Waals surface area contributed by atoms with Gasteiger partial charge < -0.3 is 10.3 Å². The maximum absolute atomic E-state index is 13.3. The predicted octanol–water partition coefficient (Wildman–Crippen LogP) is 2.48. The van der Waals surface area contributed by atoms with Crippen molar-refractivity contribution in [2.75, 3.05) is 13.6 Å². The third-order valence-electron chi connectivity index (χ3n) is 2.95. The highest BCUT2D eigenvalue weighted by Gasteiger charge is 2.14. The fraction of sp³-hybridized carbons (Fsp3) is 0.250. The number of benzene rings is 1. The lowest BCUT2D eigenvalue weighted by Crippen LogP contribution is -2.10. The summed E-state index contributed by atoms with van der Waals surface area (Å²) in [4.78, 5) is 7.69. The van der Waals surface area contributed by atoms with Crippen LogP contribution in [-0.2, 0) is 6.42 Å². The molecular weight excluding hydrogens is 299 g/mol. The smallest absolute Gasteiger partial charge is 0.213 e. The highest BCUT2D eigenvalue weighted by molar-refractivity contribution is 9.10. The molecule has 2 N–H and O–H groups in total. The van der Waals surface area contributed by atoms with Gasteiger partial charge in [-0.25, -0.2) is 9.37 Å². The normalized spacial score (nSPS) is 11.7. The van der Waals surface area contributed by atoms with E-state index in [1.54, 1.807) is 6.07 Å². The molecule has 18 heavy (non-hydrogen) atoms. The molecule has 2 heterocycles. The molecule has 0 spiro atoms. The summed E-state index contributed by atoms with van der Waals surface area (Å²) in [6, 6.07) is 4.60. The van der Waals surface area contributed by atoms with Crippen LogP contribution >= 0.6 is 15.9 Å². The number of H-pyrrole nitrogens is 1. The van der Waals surface area contributed by atoms with E-state index in [1.165, 1.54) is 12.1 Å². The molecule has 0 atom stereocenters. The lowest BCUT2D eigenvalue weighted by molar-refractivity contribution is 0.629. The molecule has 2 aromatic heterocycles. The van der Waals surface area contributed by atoms with Crippen LogP contribution in [0.2, 0.25) is 0 Å². The van der Waals surface area contributed by atoms with E-state index in [1.807, 2.05) is 11.4 Å². The number of imidazole rings is 2. The van der Waals surface area contributed by atoms with E-state index in [0.29, 0.717) is 0 Å². The number of aromatic amines is 1. The van der Waals surface area contributed by atoms with Crippen molar-refractivity contribution in [3.63, 3.8) is 0 Å². The Morgan fingerprint density at radius 1 is 1.50 bits per heavy atom. The number of fused-ring (bicyclic) bond motifs is 3. The molecule has 0 saturated heterocycles. The Hall–Kier alpha value is -1.40. The Kier molecular flexibility index (Phi) is 2.83. The van der Waals surface area contributed by atoms with Crippen molar-refractivity contribution in [2.45, 2.75) is 6.42 Å². The highest BCUT2D eigenvalue weighted by atomic mass is 79.9. The molecule has 94 valence electrons. The van der Waals surface area contributed by atoms with Crippen LogP contribution in [-0.4, -0.2) is 28.0 Å². The second-order valence-corrected chi connectivity index (χ2v) is 4.90. The van der Waals surface area contributed by atoms with Gasteiger partial charge in [-0.05, 0) is 35.1 Å². The van der Waals surface area contributed by atoms with E-state index in [2.05, 4.69) is 31.2 Å². The molecule has 1 aromatic carbocycles. The zero-order chi connectivity index (χ0) is 12.7. The molecule has 0 amide bonds. The summed E-state index contributed by atoms with van der Waals surface area (Å²) in [5, 5.41) is 3.10. The molecule has 6 heteroatoms. The lowest BCUT2D eigenvalue weighted by atomic mass is 10.3. The standard InChI is InChI=1S/C12H12BrFN4/c1-15-5-4-9-11(13)18-10-6-7(14)2-3-8(10)16-12(18)17-9/h2-3,6,15H,4-5H2,1H3,(H,16,17). The first-order chi connectivity index (χ1) is 8.70. The summed E-state index contributed by atoms with van der Waals surface area (Å²) in [6.45, 7) is 0.870. The van der Waals surface area contributed by atoms with Crippen molar-refractivity contribution in [2.24, 2.45) is 0 Å². The number of likely N-dealkylation sites (N-methyl/N-ethyl adjacent to an activating group) is 1. The summed E-state index contributed by atoms with van der Waals surface area (Å²) in [5.74, 6) is 0.475. The third-order valence-corrected chi connectivity index (χ3v) is 3.78. The first-order valence-corrected chi connectivity index (χ1v) is 6.48. The highest BCUT2D eigenvalue weighted by Crippen LogP contribution is 2.25. The van der Waals surface area contributed by atoms with Gasteiger partial charge in [-0.1, -0.05) is 0 Å². The van der Waals surface area contributed by atoms with Gasteiger partial charge >= 0.3 is 0 Å². The number of nitrogens with one attached hydrogen (secondary N) is 2. The quantitative estimate of drug-likeness (QED) is 0.780. The number of rotatable bonds is 3. The average Bonchev–Trinajstić information content (AvgIpc) is 2.84. The van der Waals surface area contributed by atoms with E-state index in [4.69, 9.17) is 0 Å². The zero-order valence-corrected chi connectivity index (χ0v) is 11.4. The van der Waals surface area contributed by atoms with Gasteiger partial charge in [0.05, 0.1) is 16.7 Å². The van der Waals surface area contributed by atoms with Gasteiger partial charge in [-0.2, -0.15) is 0 Å². The first kappa shape index (κ1) is 11.7. The van der Waals surface area contributed by atoms with Crippen LogP contribution < -0.4 is 5.32 Å². The van der Waals surface area contributed by atoms with Crippen molar-refractivity contribution in [3.8, 4) is 0 Å². The molecule has 0 radical (unpaired) electrons. The molecular formula is C12H12BrFN4. The Bertz CT molecular complexity index is 716. The largest absolute Gasteiger partial charge is 0.326 e. The third kappa shape index (κ3) is 1.72. The Morgan fingerprint density at radius 3 is 3.11 bits per heavy atom. The number of hydrogen-bond acceptors (Lipinski definition) is 2. The van der Waals surface area contributed by atoms with Gasteiger partial charge in [0.2, 0.25) is 5.78 Å². The summed E-state index contributed by atoms with van der Waals surface area (Å²) in [6.07, 6.45) is 0.858. The molecule has 0 aliphatic rings. The average molecular weight is 311 g/mol. The van der Waals surface area contributed by atoms with E-state index in [9.17, 15) is 4.39 Å². The van der Waals surface area contributed by atoms with Crippen molar-refractivity contribution >= 4 is 32.7 Å². The second kappa shape index (κ2) is 4.37. The summed E-state index contributed by atoms with van der Waals surface area (Å²) in [7, 11) is 1.91. The number of aromatic nitrogens is 3. The Morgan fingerprint density at radius 2 is 2.33 bits per heavy atom. The van der Waals surface area contributed by atoms with Gasteiger partial charge in [-0.15, -0.1) is 0 Å². The molecule has 0 aliphatic carbocycles. The van der Waals surface area contributed by atoms with Crippen LogP contribution in [0.5, 0.6) is 0 Å². The van der Waals surface area contributed by atoms with E-state index >= 15 is 0 Å². The van der Waals surface area contributed by atoms with Crippen LogP contribution in [0, 0.1) is 5.82 Å². The SMILES string of the molecule is CNCCc1[nH]c2nc3ccc(F)cc3n2c1Br. The number of nitrogens with zero attached hydrogens (tertiary/aromatic N) is 2. The van der Waals surface area contributed by atoms with Gasteiger partial charge in [0.1, 0.15) is 10.4 Å². The van der Waals surface area contributed by atoms with Crippen molar-refractivity contribution in [3.05, 3.63) is 34.3 Å². The van der Waals surface area contributed by atoms with Crippen LogP contribution in [0.3, 0.4) is 0 Å². The van der Waals surface area contributed by atoms with Gasteiger partial charge in [0.25, 0.3) is 0 Å². The zero-order valence-electron chi connectivity index (χ0n) is 9.80. The molecule has 3 aromatic rings. The minimum absolute atomic E-state index is 0.255. The second-order valence-electron chi connectivity index (χ2n) is 4.15. The number of halogens is 2. The van der Waals surface area contributed by atoms with Crippen LogP contribution in [0.1, 0.15) is 5.69 Å². The maximum Gasteiger partial charge on any atom is 0.213 e. The van der Waals surface area contributed by atoms with Crippen molar-refractivity contribution < 1.29 is 4.39 Å². The summed E-state index contributed by atoms with van der Waals surface area (Å²) < 4.78 is 16.1. The topological polar surface area (TPSA) is 45.1 Å². The van der Waals surface area contributed by atoms with E-state index < -0.39 is 0 Å². The molecule has 0 unspecified atom stereocenters. The van der Waals surface area contributed by atoms with E-state index in [-0.39, 0.29) is 5.82 Å². The van der Waals surface area contributed by atoms with Crippen LogP contribution in [0.25, 0.3) is 16.8 Å². The molecule has 0 saturated carbocycles.